The summed E-state index contributed by atoms with van der Waals surface area (Å²) in [7, 11) is 1.67. The van der Waals surface area contributed by atoms with Gasteiger partial charge in [-0.25, -0.2) is 0 Å². The van der Waals surface area contributed by atoms with Gasteiger partial charge in [0.2, 0.25) is 0 Å². The lowest BCUT2D eigenvalue weighted by atomic mass is 9.97. The normalized spacial score (nSPS) is 10.9. The highest BCUT2D eigenvalue weighted by Gasteiger charge is 2.03. The maximum atomic E-state index is 4.99. The fraction of sp³-hybridized carbons (Fsp3) is 0.300. The molecule has 2 rings (SSSR count). The summed E-state index contributed by atoms with van der Waals surface area (Å²) in [5, 5.41) is 2.55. The SMILES string of the molecule is CO/C=C/Cc1cc2ccccc2cc1CC#CC(C)C. The van der Waals surface area contributed by atoms with Crippen molar-refractivity contribution in [1.29, 1.82) is 0 Å². The van der Waals surface area contributed by atoms with Gasteiger partial charge in [0.15, 0.2) is 0 Å². The summed E-state index contributed by atoms with van der Waals surface area (Å²) in [4.78, 5) is 0. The van der Waals surface area contributed by atoms with E-state index >= 15 is 0 Å². The minimum Gasteiger partial charge on any atom is -0.505 e. The zero-order valence-corrected chi connectivity index (χ0v) is 13.0. The molecule has 2 aromatic carbocycles. The summed E-state index contributed by atoms with van der Waals surface area (Å²) < 4.78 is 4.99. The van der Waals surface area contributed by atoms with E-state index in [9.17, 15) is 0 Å². The van der Waals surface area contributed by atoms with Gasteiger partial charge in [0, 0.05) is 12.3 Å². The maximum Gasteiger partial charge on any atom is 0.0788 e. The van der Waals surface area contributed by atoms with Gasteiger partial charge in [0.25, 0.3) is 0 Å². The third-order valence-electron chi connectivity index (χ3n) is 3.31. The average molecular weight is 278 g/mol. The van der Waals surface area contributed by atoms with Crippen molar-refractivity contribution in [1.82, 2.24) is 0 Å². The Morgan fingerprint density at radius 1 is 1.10 bits per heavy atom. The van der Waals surface area contributed by atoms with E-state index in [1.54, 1.807) is 13.4 Å². The number of ether oxygens (including phenoxy) is 1. The average Bonchev–Trinajstić information content (AvgIpc) is 2.47. The summed E-state index contributed by atoms with van der Waals surface area (Å²) >= 11 is 0. The molecular formula is C20H22O. The van der Waals surface area contributed by atoms with Crippen LogP contribution in [0.15, 0.2) is 48.7 Å². The van der Waals surface area contributed by atoms with E-state index in [-0.39, 0.29) is 0 Å². The first-order valence-corrected chi connectivity index (χ1v) is 7.37. The van der Waals surface area contributed by atoms with E-state index < -0.39 is 0 Å². The molecule has 2 aromatic rings. The molecule has 0 N–H and O–H groups in total. The number of benzene rings is 2. The van der Waals surface area contributed by atoms with Crippen molar-refractivity contribution in [2.45, 2.75) is 26.7 Å². The molecular weight excluding hydrogens is 256 g/mol. The first-order chi connectivity index (χ1) is 10.2. The van der Waals surface area contributed by atoms with Crippen molar-refractivity contribution < 1.29 is 4.74 Å². The van der Waals surface area contributed by atoms with Gasteiger partial charge >= 0.3 is 0 Å². The molecule has 0 radical (unpaired) electrons. The zero-order valence-electron chi connectivity index (χ0n) is 13.0. The van der Waals surface area contributed by atoms with Crippen molar-refractivity contribution in [2.75, 3.05) is 7.11 Å². The lowest BCUT2D eigenvalue weighted by Gasteiger charge is -2.08. The molecule has 0 aromatic heterocycles. The lowest BCUT2D eigenvalue weighted by Crippen LogP contribution is -1.93. The highest BCUT2D eigenvalue weighted by atomic mass is 16.5. The van der Waals surface area contributed by atoms with Gasteiger partial charge in [-0.05, 0) is 40.5 Å². The highest BCUT2D eigenvalue weighted by Crippen LogP contribution is 2.21. The molecule has 0 atom stereocenters. The highest BCUT2D eigenvalue weighted by molar-refractivity contribution is 5.84. The van der Waals surface area contributed by atoms with Crippen LogP contribution in [0, 0.1) is 17.8 Å². The van der Waals surface area contributed by atoms with Gasteiger partial charge in [-0.2, -0.15) is 0 Å². The van der Waals surface area contributed by atoms with Crippen molar-refractivity contribution in [2.24, 2.45) is 5.92 Å². The number of hydrogen-bond acceptors (Lipinski definition) is 1. The molecule has 0 bridgehead atoms. The van der Waals surface area contributed by atoms with Gasteiger partial charge in [-0.3, -0.25) is 0 Å². The Morgan fingerprint density at radius 3 is 2.38 bits per heavy atom. The van der Waals surface area contributed by atoms with Gasteiger partial charge in [0.05, 0.1) is 13.4 Å². The molecule has 0 saturated carbocycles. The second-order valence-electron chi connectivity index (χ2n) is 5.43. The van der Waals surface area contributed by atoms with Crippen LogP contribution in [-0.2, 0) is 17.6 Å². The second-order valence-corrected chi connectivity index (χ2v) is 5.43. The largest absolute Gasteiger partial charge is 0.505 e. The molecule has 1 heteroatoms. The number of hydrogen-bond donors (Lipinski definition) is 0. The van der Waals surface area contributed by atoms with Crippen LogP contribution in [0.2, 0.25) is 0 Å². The molecule has 0 fully saturated rings. The zero-order chi connectivity index (χ0) is 15.1. The fourth-order valence-corrected chi connectivity index (χ4v) is 2.31. The Bertz CT molecular complexity index is 684. The number of methoxy groups -OCH3 is 1. The predicted octanol–water partition coefficient (Wildman–Crippen LogP) is 4.74. The summed E-state index contributed by atoms with van der Waals surface area (Å²) in [6.45, 7) is 4.24. The predicted molar refractivity (Wildman–Crippen MR) is 90.1 cm³/mol. The van der Waals surface area contributed by atoms with E-state index in [2.05, 4.69) is 62.1 Å². The van der Waals surface area contributed by atoms with Crippen LogP contribution >= 0.6 is 0 Å². The van der Waals surface area contributed by atoms with Crippen molar-refractivity contribution in [3.05, 3.63) is 59.9 Å². The summed E-state index contributed by atoms with van der Waals surface area (Å²) in [5.74, 6) is 6.95. The molecule has 21 heavy (non-hydrogen) atoms. The molecule has 0 heterocycles. The van der Waals surface area contributed by atoms with Crippen LogP contribution in [-0.4, -0.2) is 7.11 Å². The molecule has 0 aliphatic heterocycles. The maximum absolute atomic E-state index is 4.99. The molecule has 1 nitrogen and oxygen atoms in total. The third kappa shape index (κ3) is 4.39. The van der Waals surface area contributed by atoms with Gasteiger partial charge in [-0.15, -0.1) is 5.92 Å². The Hall–Kier alpha value is -2.20. The third-order valence-corrected chi connectivity index (χ3v) is 3.31. The Labute approximate surface area is 127 Å². The van der Waals surface area contributed by atoms with Crippen LogP contribution in [0.1, 0.15) is 25.0 Å². The van der Waals surface area contributed by atoms with Crippen molar-refractivity contribution in [3.8, 4) is 11.8 Å². The summed E-state index contributed by atoms with van der Waals surface area (Å²) in [6.07, 6.45) is 5.46. The second kappa shape index (κ2) is 7.55. The van der Waals surface area contributed by atoms with E-state index in [1.165, 1.54) is 21.9 Å². The number of fused-ring (bicyclic) bond motifs is 1. The van der Waals surface area contributed by atoms with Gasteiger partial charge < -0.3 is 4.74 Å². The van der Waals surface area contributed by atoms with E-state index in [0.29, 0.717) is 5.92 Å². The van der Waals surface area contributed by atoms with Crippen LogP contribution in [0.3, 0.4) is 0 Å². The van der Waals surface area contributed by atoms with E-state index in [0.717, 1.165) is 12.8 Å². The summed E-state index contributed by atoms with van der Waals surface area (Å²) in [5.41, 5.74) is 2.63. The minimum absolute atomic E-state index is 0.419. The van der Waals surface area contributed by atoms with Crippen LogP contribution in [0.25, 0.3) is 10.8 Å². The van der Waals surface area contributed by atoms with Gasteiger partial charge in [-0.1, -0.05) is 50.1 Å². The molecule has 0 spiro atoms. The molecule has 0 saturated heterocycles. The number of allylic oxidation sites excluding steroid dienone is 1. The molecule has 0 aliphatic rings. The van der Waals surface area contributed by atoms with Crippen LogP contribution < -0.4 is 0 Å². The molecule has 0 amide bonds. The van der Waals surface area contributed by atoms with E-state index in [4.69, 9.17) is 4.74 Å². The molecule has 0 unspecified atom stereocenters. The standard InChI is InChI=1S/C20H22O/c1-16(2)8-6-11-19-14-17-9-4-5-10-18(17)15-20(19)12-7-13-21-3/h4-5,7,9-10,13-16H,11-12H2,1-3H3/b13-7+. The molecule has 108 valence electrons. The number of rotatable bonds is 4. The fourth-order valence-electron chi connectivity index (χ4n) is 2.31. The van der Waals surface area contributed by atoms with Crippen LogP contribution in [0.5, 0.6) is 0 Å². The lowest BCUT2D eigenvalue weighted by molar-refractivity contribution is 0.337. The first kappa shape index (κ1) is 15.2. The first-order valence-electron chi connectivity index (χ1n) is 7.37. The topological polar surface area (TPSA) is 9.23 Å². The smallest absolute Gasteiger partial charge is 0.0788 e. The Morgan fingerprint density at radius 2 is 1.76 bits per heavy atom. The van der Waals surface area contributed by atoms with Crippen LogP contribution in [0.4, 0.5) is 0 Å². The minimum atomic E-state index is 0.419. The van der Waals surface area contributed by atoms with Crippen molar-refractivity contribution in [3.63, 3.8) is 0 Å². The van der Waals surface area contributed by atoms with Gasteiger partial charge in [0.1, 0.15) is 0 Å². The summed E-state index contributed by atoms with van der Waals surface area (Å²) in [6, 6.07) is 13.0. The monoisotopic (exact) mass is 278 g/mol. The van der Waals surface area contributed by atoms with E-state index in [1.807, 2.05) is 6.08 Å². The Kier molecular flexibility index (Phi) is 5.46. The quantitative estimate of drug-likeness (QED) is 0.579. The molecule has 0 aliphatic carbocycles. The van der Waals surface area contributed by atoms with Crippen molar-refractivity contribution >= 4 is 10.8 Å². The Balaban J connectivity index is 2.36.